The van der Waals surface area contributed by atoms with E-state index < -0.39 is 0 Å². The van der Waals surface area contributed by atoms with Gasteiger partial charge in [0.25, 0.3) is 0 Å². The summed E-state index contributed by atoms with van der Waals surface area (Å²) >= 11 is 1.55. The second-order valence-corrected chi connectivity index (χ2v) is 2.09. The molecule has 0 rings (SSSR count). The molecule has 0 aromatic heterocycles. The van der Waals surface area contributed by atoms with Gasteiger partial charge in [0.05, 0.1) is 0 Å². The topological polar surface area (TPSA) is 38.3 Å². The van der Waals surface area contributed by atoms with Gasteiger partial charge in [-0.1, -0.05) is 13.3 Å². The molecule has 0 heterocycles. The van der Waals surface area contributed by atoms with E-state index in [9.17, 15) is 4.79 Å². The quantitative estimate of drug-likeness (QED) is 0.606. The number of amides is 1. The largest absolute Gasteiger partial charge is 0.416 e. The van der Waals surface area contributed by atoms with Gasteiger partial charge in [-0.3, -0.25) is 0 Å². The molecule has 0 saturated heterocycles. The van der Waals surface area contributed by atoms with E-state index in [0.29, 0.717) is 6.54 Å². The summed E-state index contributed by atoms with van der Waals surface area (Å²) in [5, 5.41) is 2.56. The molecule has 4 heteroatoms. The molecule has 9 heavy (non-hydrogen) atoms. The number of rotatable bonds is 3. The van der Waals surface area contributed by atoms with Crippen LogP contribution in [0.25, 0.3) is 0 Å². The maximum absolute atomic E-state index is 10.3. The molecule has 0 saturated carbocycles. The molecule has 54 valence electrons. The minimum atomic E-state index is -0.357. The normalized spacial score (nSPS) is 8.67. The van der Waals surface area contributed by atoms with Gasteiger partial charge >= 0.3 is 6.09 Å². The number of unbranched alkanes of at least 4 members (excludes halogenated alkanes) is 1. The summed E-state index contributed by atoms with van der Waals surface area (Å²) in [5.74, 6) is 0. The zero-order valence-corrected chi connectivity index (χ0v) is 7.47. The van der Waals surface area contributed by atoms with Crippen molar-refractivity contribution in [1.82, 2.24) is 5.32 Å². The van der Waals surface area contributed by atoms with Crippen molar-refractivity contribution in [2.24, 2.45) is 0 Å². The lowest BCUT2D eigenvalue weighted by atomic mass is 10.3. The van der Waals surface area contributed by atoms with E-state index in [2.05, 4.69) is 15.3 Å². The fourth-order valence-electron chi connectivity index (χ4n) is 0.395. The van der Waals surface area contributed by atoms with E-state index in [-0.39, 0.29) is 6.09 Å². The van der Waals surface area contributed by atoms with Crippen molar-refractivity contribution < 1.29 is 7.86 Å². The third kappa shape index (κ3) is 5.88. The van der Waals surface area contributed by atoms with Crippen molar-refractivity contribution in [3.05, 3.63) is 0 Å². The SMILES string of the molecule is CCCCNC(=O)OI. The Bertz CT molecular complexity index is 87.0. The van der Waals surface area contributed by atoms with Crippen LogP contribution < -0.4 is 5.32 Å². The van der Waals surface area contributed by atoms with E-state index in [1.165, 1.54) is 0 Å². The second kappa shape index (κ2) is 6.12. The minimum absolute atomic E-state index is 0.357. The molecule has 0 spiro atoms. The predicted molar refractivity (Wildman–Crippen MR) is 43.4 cm³/mol. The molecule has 0 aromatic rings. The van der Waals surface area contributed by atoms with Crippen LogP contribution in [-0.2, 0) is 3.07 Å². The lowest BCUT2D eigenvalue weighted by molar-refractivity contribution is 0.214. The molecule has 0 aliphatic rings. The van der Waals surface area contributed by atoms with E-state index >= 15 is 0 Å². The molecule has 0 bridgehead atoms. The maximum atomic E-state index is 10.3. The van der Waals surface area contributed by atoms with Gasteiger partial charge in [-0.15, -0.1) is 0 Å². The second-order valence-electron chi connectivity index (χ2n) is 1.64. The van der Waals surface area contributed by atoms with E-state index in [1.807, 2.05) is 0 Å². The van der Waals surface area contributed by atoms with Gasteiger partial charge in [-0.05, 0) is 6.42 Å². The molecule has 0 aromatic carbocycles. The highest BCUT2D eigenvalue weighted by Gasteiger charge is 1.94. The Labute approximate surface area is 68.8 Å². The fourth-order valence-corrected chi connectivity index (χ4v) is 0.550. The van der Waals surface area contributed by atoms with Crippen molar-refractivity contribution in [1.29, 1.82) is 0 Å². The first-order chi connectivity index (χ1) is 4.31. The van der Waals surface area contributed by atoms with Crippen molar-refractivity contribution in [3.8, 4) is 0 Å². The molecule has 0 atom stereocenters. The average molecular weight is 243 g/mol. The summed E-state index contributed by atoms with van der Waals surface area (Å²) < 4.78 is 4.32. The first kappa shape index (κ1) is 9.00. The van der Waals surface area contributed by atoms with Gasteiger partial charge in [0.15, 0.2) is 23.0 Å². The molecule has 0 fully saturated rings. The van der Waals surface area contributed by atoms with Gasteiger partial charge < -0.3 is 8.38 Å². The van der Waals surface area contributed by atoms with Crippen LogP contribution in [0.4, 0.5) is 4.79 Å². The van der Waals surface area contributed by atoms with Gasteiger partial charge in [0.2, 0.25) is 0 Å². The zero-order valence-electron chi connectivity index (χ0n) is 5.32. The highest BCUT2D eigenvalue weighted by atomic mass is 127. The summed E-state index contributed by atoms with van der Waals surface area (Å²) in [7, 11) is 0. The summed E-state index contributed by atoms with van der Waals surface area (Å²) in [6.07, 6.45) is 1.73. The van der Waals surface area contributed by atoms with Crippen LogP contribution in [-0.4, -0.2) is 12.6 Å². The molecule has 1 N–H and O–H groups in total. The monoisotopic (exact) mass is 243 g/mol. The molecule has 0 aliphatic heterocycles. The summed E-state index contributed by atoms with van der Waals surface area (Å²) in [4.78, 5) is 10.3. The number of hydrogen-bond donors (Lipinski definition) is 1. The number of carbonyl (C=O) groups is 1. The predicted octanol–water partition coefficient (Wildman–Crippen LogP) is 1.86. The molecular formula is C5H10INO2. The Morgan fingerprint density at radius 2 is 2.44 bits per heavy atom. The van der Waals surface area contributed by atoms with Crippen molar-refractivity contribution in [3.63, 3.8) is 0 Å². The zero-order chi connectivity index (χ0) is 7.11. The Morgan fingerprint density at radius 1 is 1.78 bits per heavy atom. The number of halogens is 1. The lowest BCUT2D eigenvalue weighted by Gasteiger charge is -1.98. The molecule has 0 unspecified atom stereocenters. The fraction of sp³-hybridized carbons (Fsp3) is 0.800. The van der Waals surface area contributed by atoms with Crippen molar-refractivity contribution >= 4 is 29.1 Å². The number of hydrogen-bond acceptors (Lipinski definition) is 2. The maximum Gasteiger partial charge on any atom is 0.416 e. The third-order valence-electron chi connectivity index (χ3n) is 0.870. The molecule has 0 radical (unpaired) electrons. The van der Waals surface area contributed by atoms with Crippen molar-refractivity contribution in [2.75, 3.05) is 6.54 Å². The Balaban J connectivity index is 2.97. The van der Waals surface area contributed by atoms with Crippen molar-refractivity contribution in [2.45, 2.75) is 19.8 Å². The van der Waals surface area contributed by atoms with E-state index in [0.717, 1.165) is 12.8 Å². The van der Waals surface area contributed by atoms with Gasteiger partial charge in [0.1, 0.15) is 0 Å². The van der Waals surface area contributed by atoms with Gasteiger partial charge in [0, 0.05) is 6.54 Å². The van der Waals surface area contributed by atoms with E-state index in [1.54, 1.807) is 23.0 Å². The van der Waals surface area contributed by atoms with Crippen LogP contribution in [0.2, 0.25) is 0 Å². The van der Waals surface area contributed by atoms with E-state index in [4.69, 9.17) is 0 Å². The molecule has 3 nitrogen and oxygen atoms in total. The first-order valence-electron chi connectivity index (χ1n) is 2.87. The Morgan fingerprint density at radius 3 is 2.89 bits per heavy atom. The molecular weight excluding hydrogens is 233 g/mol. The summed E-state index contributed by atoms with van der Waals surface area (Å²) in [5.41, 5.74) is 0. The van der Waals surface area contributed by atoms with Crippen LogP contribution in [0.5, 0.6) is 0 Å². The van der Waals surface area contributed by atoms with Crippen LogP contribution in [0.15, 0.2) is 0 Å². The highest BCUT2D eigenvalue weighted by Crippen LogP contribution is 1.87. The van der Waals surface area contributed by atoms with Crippen LogP contribution >= 0.6 is 23.0 Å². The molecule has 1 amide bonds. The van der Waals surface area contributed by atoms with Gasteiger partial charge in [-0.25, -0.2) is 4.79 Å². The molecule has 0 aliphatic carbocycles. The highest BCUT2D eigenvalue weighted by molar-refractivity contribution is 14.1. The number of nitrogens with one attached hydrogen (secondary N) is 1. The van der Waals surface area contributed by atoms with Gasteiger partial charge in [-0.2, -0.15) is 0 Å². The Hall–Kier alpha value is 0. The summed E-state index contributed by atoms with van der Waals surface area (Å²) in [6.45, 7) is 2.77. The number of carbonyl (C=O) groups excluding carboxylic acids is 1. The standard InChI is InChI=1S/C5H10INO2/c1-2-3-4-7-5(8)9-6/h2-4H2,1H3,(H,7,8). The van der Waals surface area contributed by atoms with Crippen LogP contribution in [0, 0.1) is 0 Å². The Kier molecular flexibility index (Phi) is 6.12. The third-order valence-corrected chi connectivity index (χ3v) is 1.27. The minimum Gasteiger partial charge on any atom is -0.378 e. The smallest absolute Gasteiger partial charge is 0.378 e. The van der Waals surface area contributed by atoms with Crippen LogP contribution in [0.1, 0.15) is 19.8 Å². The average Bonchev–Trinajstić information content (AvgIpc) is 1.89. The first-order valence-corrected chi connectivity index (χ1v) is 3.75. The summed E-state index contributed by atoms with van der Waals surface area (Å²) in [6, 6.07) is 0. The lowest BCUT2D eigenvalue weighted by Crippen LogP contribution is -2.22. The van der Waals surface area contributed by atoms with Crippen LogP contribution in [0.3, 0.4) is 0 Å².